The lowest BCUT2D eigenvalue weighted by atomic mass is 10.1. The summed E-state index contributed by atoms with van der Waals surface area (Å²) in [7, 11) is 0. The van der Waals surface area contributed by atoms with E-state index in [-0.39, 0.29) is 19.0 Å². The van der Waals surface area contributed by atoms with Crippen molar-refractivity contribution < 1.29 is 13.9 Å². The van der Waals surface area contributed by atoms with Crippen molar-refractivity contribution in [1.29, 1.82) is 0 Å². The SMILES string of the molecule is CCOc1ccc(-c2cc3c(=O)n(CC(=O)NCc4ccco4)ncn3n2)cc1. The standard InChI is InChI=1S/C20H19N5O4/c1-2-28-15-7-5-14(6-8-15)17-10-18-20(27)24(22-13-25(18)23-17)12-19(26)21-11-16-4-3-9-29-16/h3-10,13H,2,11-12H2,1H3,(H,21,26). The molecule has 0 aliphatic rings. The van der Waals surface area contributed by atoms with Crippen molar-refractivity contribution in [2.75, 3.05) is 6.61 Å². The molecule has 3 aromatic heterocycles. The smallest absolute Gasteiger partial charge is 0.293 e. The van der Waals surface area contributed by atoms with Crippen molar-refractivity contribution in [2.45, 2.75) is 20.0 Å². The van der Waals surface area contributed by atoms with Gasteiger partial charge in [-0.15, -0.1) is 0 Å². The van der Waals surface area contributed by atoms with Gasteiger partial charge in [-0.25, -0.2) is 9.20 Å². The van der Waals surface area contributed by atoms with Crippen LogP contribution in [0.15, 0.2) is 64.3 Å². The van der Waals surface area contributed by atoms with E-state index in [2.05, 4.69) is 15.5 Å². The number of nitrogens with one attached hydrogen (secondary N) is 1. The molecule has 9 heteroatoms. The molecule has 1 aromatic carbocycles. The minimum absolute atomic E-state index is 0.195. The molecular formula is C20H19N5O4. The normalized spacial score (nSPS) is 10.9. The van der Waals surface area contributed by atoms with Gasteiger partial charge in [-0.05, 0) is 49.4 Å². The van der Waals surface area contributed by atoms with Gasteiger partial charge in [-0.2, -0.15) is 10.2 Å². The van der Waals surface area contributed by atoms with Crippen molar-refractivity contribution in [3.63, 3.8) is 0 Å². The molecule has 0 aliphatic carbocycles. The van der Waals surface area contributed by atoms with E-state index in [4.69, 9.17) is 9.15 Å². The molecule has 29 heavy (non-hydrogen) atoms. The van der Waals surface area contributed by atoms with Gasteiger partial charge in [0.2, 0.25) is 5.91 Å². The molecule has 0 aliphatic heterocycles. The van der Waals surface area contributed by atoms with Crippen LogP contribution in [0.1, 0.15) is 12.7 Å². The zero-order chi connectivity index (χ0) is 20.2. The number of benzene rings is 1. The average molecular weight is 393 g/mol. The maximum Gasteiger partial charge on any atom is 0.293 e. The van der Waals surface area contributed by atoms with Crippen molar-refractivity contribution in [3.05, 3.63) is 71.2 Å². The highest BCUT2D eigenvalue weighted by Crippen LogP contribution is 2.21. The lowest BCUT2D eigenvalue weighted by molar-refractivity contribution is -0.122. The molecule has 0 fully saturated rings. The third-order valence-electron chi connectivity index (χ3n) is 4.28. The number of ether oxygens (including phenoxy) is 1. The predicted octanol–water partition coefficient (Wildman–Crippen LogP) is 1.87. The Morgan fingerprint density at radius 1 is 1.24 bits per heavy atom. The molecule has 1 amide bonds. The minimum atomic E-state index is -0.398. The minimum Gasteiger partial charge on any atom is -0.494 e. The Bertz CT molecular complexity index is 1180. The monoisotopic (exact) mass is 393 g/mol. The van der Waals surface area contributed by atoms with Gasteiger partial charge in [0.05, 0.1) is 25.1 Å². The maximum atomic E-state index is 12.7. The fraction of sp³-hybridized carbons (Fsp3) is 0.200. The van der Waals surface area contributed by atoms with Crippen LogP contribution >= 0.6 is 0 Å². The van der Waals surface area contributed by atoms with E-state index in [1.807, 2.05) is 31.2 Å². The largest absolute Gasteiger partial charge is 0.494 e. The number of hydrogen-bond acceptors (Lipinski definition) is 6. The van der Waals surface area contributed by atoms with Crippen LogP contribution in [0.4, 0.5) is 0 Å². The van der Waals surface area contributed by atoms with Crippen LogP contribution in [0, 0.1) is 0 Å². The molecule has 9 nitrogen and oxygen atoms in total. The fourth-order valence-electron chi connectivity index (χ4n) is 2.87. The number of furan rings is 1. The van der Waals surface area contributed by atoms with E-state index in [0.717, 1.165) is 16.0 Å². The number of hydrogen-bond donors (Lipinski definition) is 1. The molecule has 3 heterocycles. The van der Waals surface area contributed by atoms with Gasteiger partial charge in [-0.3, -0.25) is 9.59 Å². The molecule has 0 unspecified atom stereocenters. The number of fused-ring (bicyclic) bond motifs is 1. The molecule has 1 N–H and O–H groups in total. The zero-order valence-corrected chi connectivity index (χ0v) is 15.7. The maximum absolute atomic E-state index is 12.7. The van der Waals surface area contributed by atoms with Crippen LogP contribution in [-0.4, -0.2) is 31.9 Å². The van der Waals surface area contributed by atoms with Crippen LogP contribution < -0.4 is 15.6 Å². The first-order valence-corrected chi connectivity index (χ1v) is 9.12. The second-order valence-electron chi connectivity index (χ2n) is 6.27. The topological polar surface area (TPSA) is 104 Å². The Morgan fingerprint density at radius 2 is 2.07 bits per heavy atom. The van der Waals surface area contributed by atoms with Gasteiger partial charge in [-0.1, -0.05) is 0 Å². The quantitative estimate of drug-likeness (QED) is 0.514. The highest BCUT2D eigenvalue weighted by atomic mass is 16.5. The molecule has 0 saturated heterocycles. The van der Waals surface area contributed by atoms with Crippen LogP contribution in [0.25, 0.3) is 16.8 Å². The summed E-state index contributed by atoms with van der Waals surface area (Å²) in [6, 6.07) is 12.6. The number of amides is 1. The van der Waals surface area contributed by atoms with Gasteiger partial charge in [0, 0.05) is 5.56 Å². The Labute approximate surface area is 165 Å². The second-order valence-corrected chi connectivity index (χ2v) is 6.27. The molecule has 0 atom stereocenters. The van der Waals surface area contributed by atoms with E-state index in [0.29, 0.717) is 23.6 Å². The van der Waals surface area contributed by atoms with E-state index in [1.54, 1.807) is 18.2 Å². The highest BCUT2D eigenvalue weighted by molar-refractivity contribution is 5.75. The molecule has 4 rings (SSSR count). The van der Waals surface area contributed by atoms with E-state index in [9.17, 15) is 9.59 Å². The molecule has 148 valence electrons. The number of carbonyl (C=O) groups excluding carboxylic acids is 1. The number of aromatic nitrogens is 4. The molecular weight excluding hydrogens is 374 g/mol. The van der Waals surface area contributed by atoms with Gasteiger partial charge in [0.15, 0.2) is 0 Å². The van der Waals surface area contributed by atoms with Crippen LogP contribution in [0.2, 0.25) is 0 Å². The summed E-state index contributed by atoms with van der Waals surface area (Å²) >= 11 is 0. The molecule has 0 bridgehead atoms. The molecule has 4 aromatic rings. The van der Waals surface area contributed by atoms with Crippen molar-refractivity contribution >= 4 is 11.4 Å². The van der Waals surface area contributed by atoms with Crippen molar-refractivity contribution in [3.8, 4) is 17.0 Å². The number of rotatable bonds is 7. The molecule has 0 saturated carbocycles. The Morgan fingerprint density at radius 3 is 2.79 bits per heavy atom. The summed E-state index contributed by atoms with van der Waals surface area (Å²) < 4.78 is 13.1. The summed E-state index contributed by atoms with van der Waals surface area (Å²) in [6.07, 6.45) is 2.94. The average Bonchev–Trinajstić information content (AvgIpc) is 3.39. The highest BCUT2D eigenvalue weighted by Gasteiger charge is 2.12. The predicted molar refractivity (Wildman–Crippen MR) is 104 cm³/mol. The Hall–Kier alpha value is -3.88. The van der Waals surface area contributed by atoms with Crippen LogP contribution in [0.3, 0.4) is 0 Å². The van der Waals surface area contributed by atoms with Gasteiger partial charge >= 0.3 is 0 Å². The summed E-state index contributed by atoms with van der Waals surface area (Å²) in [5.74, 6) is 1.06. The first-order chi connectivity index (χ1) is 14.1. The molecule has 0 spiro atoms. The van der Waals surface area contributed by atoms with Crippen LogP contribution in [-0.2, 0) is 17.9 Å². The number of carbonyl (C=O) groups is 1. The van der Waals surface area contributed by atoms with Gasteiger partial charge in [0.25, 0.3) is 5.56 Å². The third-order valence-corrected chi connectivity index (χ3v) is 4.28. The first-order valence-electron chi connectivity index (χ1n) is 9.12. The molecule has 0 radical (unpaired) electrons. The van der Waals surface area contributed by atoms with E-state index < -0.39 is 5.56 Å². The third kappa shape index (κ3) is 4.03. The van der Waals surface area contributed by atoms with E-state index in [1.165, 1.54) is 17.1 Å². The first kappa shape index (κ1) is 18.5. The van der Waals surface area contributed by atoms with E-state index >= 15 is 0 Å². The van der Waals surface area contributed by atoms with Crippen molar-refractivity contribution in [1.82, 2.24) is 24.7 Å². The lowest BCUT2D eigenvalue weighted by Crippen LogP contribution is -2.33. The Balaban J connectivity index is 1.52. The summed E-state index contributed by atoms with van der Waals surface area (Å²) in [6.45, 7) is 2.57. The lowest BCUT2D eigenvalue weighted by Gasteiger charge is -2.05. The zero-order valence-electron chi connectivity index (χ0n) is 15.7. The second kappa shape index (κ2) is 8.01. The summed E-state index contributed by atoms with van der Waals surface area (Å²) in [4.78, 5) is 24.8. The van der Waals surface area contributed by atoms with Crippen LogP contribution in [0.5, 0.6) is 5.75 Å². The Kier molecular flexibility index (Phi) is 5.10. The van der Waals surface area contributed by atoms with Gasteiger partial charge in [0.1, 0.15) is 29.9 Å². The summed E-state index contributed by atoms with van der Waals surface area (Å²) in [5.41, 5.74) is 1.42. The van der Waals surface area contributed by atoms with Crippen molar-refractivity contribution in [2.24, 2.45) is 0 Å². The summed E-state index contributed by atoms with van der Waals surface area (Å²) in [5, 5.41) is 11.1. The number of nitrogens with zero attached hydrogens (tertiary/aromatic N) is 4. The van der Waals surface area contributed by atoms with Gasteiger partial charge < -0.3 is 14.5 Å². The fourth-order valence-corrected chi connectivity index (χ4v) is 2.87.